The van der Waals surface area contributed by atoms with Crippen molar-refractivity contribution in [2.75, 3.05) is 32.0 Å². The highest BCUT2D eigenvalue weighted by Gasteiger charge is 2.27. The molecule has 172 valence electrons. The van der Waals surface area contributed by atoms with E-state index in [-0.39, 0.29) is 5.91 Å². The molecule has 3 heterocycles. The van der Waals surface area contributed by atoms with E-state index in [0.29, 0.717) is 24.5 Å². The maximum Gasteiger partial charge on any atom is 0.236 e. The summed E-state index contributed by atoms with van der Waals surface area (Å²) < 4.78 is 0. The Labute approximate surface area is 191 Å². The average molecular weight is 437 g/mol. The van der Waals surface area contributed by atoms with Gasteiger partial charge in [-0.05, 0) is 64.3 Å². The Balaban J connectivity index is 1.37. The van der Waals surface area contributed by atoms with Crippen molar-refractivity contribution in [3.8, 4) is 0 Å². The van der Waals surface area contributed by atoms with Crippen LogP contribution < -0.4 is 5.32 Å². The first-order valence-electron chi connectivity index (χ1n) is 12.0. The molecule has 32 heavy (non-hydrogen) atoms. The molecular formula is C25H36N6O. The van der Waals surface area contributed by atoms with E-state index >= 15 is 0 Å². The van der Waals surface area contributed by atoms with Crippen molar-refractivity contribution in [3.05, 3.63) is 41.3 Å². The molecule has 2 aromatic heterocycles. The van der Waals surface area contributed by atoms with Crippen LogP contribution in [0.3, 0.4) is 0 Å². The Hall–Kier alpha value is -2.54. The number of piperidine rings is 1. The molecule has 1 amide bonds. The van der Waals surface area contributed by atoms with E-state index in [1.165, 1.54) is 19.3 Å². The van der Waals surface area contributed by atoms with Crippen molar-refractivity contribution in [1.82, 2.24) is 24.8 Å². The van der Waals surface area contributed by atoms with Gasteiger partial charge < -0.3 is 10.2 Å². The molecule has 4 rings (SSSR count). The molecule has 1 saturated carbocycles. The van der Waals surface area contributed by atoms with Gasteiger partial charge in [-0.3, -0.25) is 9.69 Å². The normalized spacial score (nSPS) is 20.2. The predicted octanol–water partition coefficient (Wildman–Crippen LogP) is 4.20. The first kappa shape index (κ1) is 22.6. The van der Waals surface area contributed by atoms with Gasteiger partial charge in [0.25, 0.3) is 0 Å². The fraction of sp³-hybridized carbons (Fsp3) is 0.600. The van der Waals surface area contributed by atoms with Crippen LogP contribution >= 0.6 is 0 Å². The molecule has 1 unspecified atom stereocenters. The second-order valence-corrected chi connectivity index (χ2v) is 9.42. The smallest absolute Gasteiger partial charge is 0.236 e. The highest BCUT2D eigenvalue weighted by Crippen LogP contribution is 2.27. The summed E-state index contributed by atoms with van der Waals surface area (Å²) in [7, 11) is 1.99. The average Bonchev–Trinajstić information content (AvgIpc) is 2.79. The van der Waals surface area contributed by atoms with Crippen molar-refractivity contribution in [2.24, 2.45) is 0 Å². The van der Waals surface area contributed by atoms with Crippen LogP contribution in [-0.4, -0.2) is 63.4 Å². The molecular weight excluding hydrogens is 400 g/mol. The van der Waals surface area contributed by atoms with Gasteiger partial charge in [-0.2, -0.15) is 0 Å². The van der Waals surface area contributed by atoms with Gasteiger partial charge in [0.2, 0.25) is 11.9 Å². The number of aryl methyl sites for hydroxylation is 2. The lowest BCUT2D eigenvalue weighted by atomic mass is 9.93. The minimum Gasteiger partial charge on any atom is -0.342 e. The molecule has 1 aliphatic heterocycles. The summed E-state index contributed by atoms with van der Waals surface area (Å²) in [5.41, 5.74) is 2.93. The molecule has 7 heteroatoms. The van der Waals surface area contributed by atoms with E-state index in [1.54, 1.807) is 0 Å². The number of likely N-dealkylation sites (N-methyl/N-ethyl adjacent to an activating group) is 1. The molecule has 1 aliphatic carbocycles. The van der Waals surface area contributed by atoms with Crippen LogP contribution in [0, 0.1) is 13.8 Å². The van der Waals surface area contributed by atoms with E-state index in [4.69, 9.17) is 4.98 Å². The zero-order valence-electron chi connectivity index (χ0n) is 19.7. The van der Waals surface area contributed by atoms with Gasteiger partial charge in [0, 0.05) is 42.6 Å². The molecule has 0 bridgehead atoms. The SMILES string of the molecule is Cc1cc(C)nc(Nc2cccc(C3CCCN(CC(=O)N(C)C4CCCCC4)C3)n2)n1. The monoisotopic (exact) mass is 436 g/mol. The molecule has 2 aliphatic rings. The van der Waals surface area contributed by atoms with E-state index in [0.717, 1.165) is 61.7 Å². The predicted molar refractivity (Wildman–Crippen MR) is 127 cm³/mol. The van der Waals surface area contributed by atoms with E-state index in [9.17, 15) is 4.79 Å². The van der Waals surface area contributed by atoms with Gasteiger partial charge in [-0.1, -0.05) is 25.3 Å². The second kappa shape index (κ2) is 10.4. The Kier molecular flexibility index (Phi) is 7.35. The molecule has 0 spiro atoms. The quantitative estimate of drug-likeness (QED) is 0.731. The maximum atomic E-state index is 12.9. The first-order chi connectivity index (χ1) is 15.5. The van der Waals surface area contributed by atoms with Crippen molar-refractivity contribution < 1.29 is 4.79 Å². The van der Waals surface area contributed by atoms with Crippen LogP contribution in [0.2, 0.25) is 0 Å². The maximum absolute atomic E-state index is 12.9. The largest absolute Gasteiger partial charge is 0.342 e. The first-order valence-corrected chi connectivity index (χ1v) is 12.0. The number of nitrogens with one attached hydrogen (secondary N) is 1. The van der Waals surface area contributed by atoms with E-state index in [2.05, 4.69) is 26.3 Å². The lowest BCUT2D eigenvalue weighted by Crippen LogP contribution is -2.46. The zero-order chi connectivity index (χ0) is 22.5. The number of aromatic nitrogens is 3. The van der Waals surface area contributed by atoms with Crippen molar-refractivity contribution in [3.63, 3.8) is 0 Å². The topological polar surface area (TPSA) is 74.2 Å². The second-order valence-electron chi connectivity index (χ2n) is 9.42. The number of nitrogens with zero attached hydrogens (tertiary/aromatic N) is 5. The number of amides is 1. The van der Waals surface area contributed by atoms with Gasteiger partial charge in [0.05, 0.1) is 6.54 Å². The van der Waals surface area contributed by atoms with Crippen LogP contribution in [0.4, 0.5) is 11.8 Å². The molecule has 1 saturated heterocycles. The zero-order valence-corrected chi connectivity index (χ0v) is 19.7. The standard InChI is InChI=1S/C25H36N6O/c1-18-15-19(2)27-25(26-18)29-23-13-7-12-22(28-23)20-9-8-14-31(16-20)17-24(32)30(3)21-10-5-4-6-11-21/h7,12-13,15,20-21H,4-6,8-11,14,16-17H2,1-3H3,(H,26,27,28,29). The van der Waals surface area contributed by atoms with Crippen molar-refractivity contribution in [1.29, 1.82) is 0 Å². The summed E-state index contributed by atoms with van der Waals surface area (Å²) in [5.74, 6) is 1.93. The van der Waals surface area contributed by atoms with Crippen LogP contribution in [0.25, 0.3) is 0 Å². The number of likely N-dealkylation sites (tertiary alicyclic amines) is 1. The number of rotatable bonds is 6. The number of carbonyl (C=O) groups is 1. The van der Waals surface area contributed by atoms with Gasteiger partial charge in [-0.25, -0.2) is 15.0 Å². The third kappa shape index (κ3) is 5.82. The summed E-state index contributed by atoms with van der Waals surface area (Å²) in [6, 6.07) is 8.46. The number of hydrogen-bond donors (Lipinski definition) is 1. The number of hydrogen-bond acceptors (Lipinski definition) is 6. The van der Waals surface area contributed by atoms with E-state index in [1.807, 2.05) is 44.0 Å². The summed E-state index contributed by atoms with van der Waals surface area (Å²) in [6.07, 6.45) is 8.29. The van der Waals surface area contributed by atoms with Crippen LogP contribution in [0.15, 0.2) is 24.3 Å². The van der Waals surface area contributed by atoms with Gasteiger partial charge in [0.1, 0.15) is 5.82 Å². The Morgan fingerprint density at radius 3 is 2.56 bits per heavy atom. The Morgan fingerprint density at radius 2 is 1.81 bits per heavy atom. The highest BCUT2D eigenvalue weighted by atomic mass is 16.2. The summed E-state index contributed by atoms with van der Waals surface area (Å²) in [6.45, 7) is 6.30. The lowest BCUT2D eigenvalue weighted by Gasteiger charge is -2.36. The number of pyridine rings is 1. The highest BCUT2D eigenvalue weighted by molar-refractivity contribution is 5.78. The summed E-state index contributed by atoms with van der Waals surface area (Å²) >= 11 is 0. The molecule has 0 radical (unpaired) electrons. The molecule has 1 N–H and O–H groups in total. The Morgan fingerprint density at radius 1 is 1.06 bits per heavy atom. The lowest BCUT2D eigenvalue weighted by molar-refractivity contribution is -0.134. The van der Waals surface area contributed by atoms with Gasteiger partial charge >= 0.3 is 0 Å². The minimum atomic E-state index is 0.257. The molecule has 2 aromatic rings. The molecule has 0 aromatic carbocycles. The summed E-state index contributed by atoms with van der Waals surface area (Å²) in [5, 5.41) is 3.25. The van der Waals surface area contributed by atoms with Gasteiger partial charge in [-0.15, -0.1) is 0 Å². The summed E-state index contributed by atoms with van der Waals surface area (Å²) in [4.78, 5) is 31.0. The van der Waals surface area contributed by atoms with Gasteiger partial charge in [0.15, 0.2) is 0 Å². The fourth-order valence-electron chi connectivity index (χ4n) is 5.06. The van der Waals surface area contributed by atoms with Crippen LogP contribution in [0.5, 0.6) is 0 Å². The number of anilines is 2. The third-order valence-electron chi connectivity index (χ3n) is 6.79. The molecule has 2 fully saturated rings. The Bertz CT molecular complexity index is 906. The number of carbonyl (C=O) groups excluding carboxylic acids is 1. The fourth-order valence-corrected chi connectivity index (χ4v) is 5.06. The van der Waals surface area contributed by atoms with Crippen molar-refractivity contribution >= 4 is 17.7 Å². The third-order valence-corrected chi connectivity index (χ3v) is 6.79. The van der Waals surface area contributed by atoms with Crippen LogP contribution in [-0.2, 0) is 4.79 Å². The van der Waals surface area contributed by atoms with Crippen LogP contribution in [0.1, 0.15) is 67.9 Å². The van der Waals surface area contributed by atoms with E-state index < -0.39 is 0 Å². The molecule has 7 nitrogen and oxygen atoms in total. The minimum absolute atomic E-state index is 0.257. The molecule has 1 atom stereocenters. The van der Waals surface area contributed by atoms with Crippen molar-refractivity contribution in [2.45, 2.75) is 70.8 Å².